The number of rotatable bonds is 2. The van der Waals surface area contributed by atoms with Crippen LogP contribution in [0.25, 0.3) is 0 Å². The second-order valence-electron chi connectivity index (χ2n) is 12.5. The fourth-order valence-electron chi connectivity index (χ4n) is 8.93. The standard InChI is InChI=1S/C27H43NO2/c1-17(24-11-12-25(2,30)16-28-24)21-7-8-22-20-6-5-18-15-19(29)9-13-26(18,3)23(20)10-14-27(21,22)4/h5,17,19-23,29-30H,6-16H2,1-4H3/t17-,19+,20+,21-,22+,23+,25-,26+,27-/m1/s1. The van der Waals surface area contributed by atoms with Crippen molar-refractivity contribution in [3.05, 3.63) is 11.6 Å². The topological polar surface area (TPSA) is 52.8 Å². The maximum absolute atomic E-state index is 10.3. The summed E-state index contributed by atoms with van der Waals surface area (Å²) in [5.74, 6) is 3.80. The van der Waals surface area contributed by atoms with Gasteiger partial charge >= 0.3 is 0 Å². The Bertz CT molecular complexity index is 754. The Labute approximate surface area is 183 Å². The highest BCUT2D eigenvalue weighted by molar-refractivity contribution is 5.87. The molecule has 4 aliphatic carbocycles. The number of nitrogens with zero attached hydrogens (tertiary/aromatic N) is 1. The quantitative estimate of drug-likeness (QED) is 0.583. The Morgan fingerprint density at radius 1 is 1.03 bits per heavy atom. The highest BCUT2D eigenvalue weighted by atomic mass is 16.3. The normalized spacial score (nSPS) is 51.9. The molecule has 3 saturated carbocycles. The van der Waals surface area contributed by atoms with Crippen LogP contribution in [-0.2, 0) is 0 Å². The van der Waals surface area contributed by atoms with Crippen LogP contribution in [0.4, 0.5) is 0 Å². The van der Waals surface area contributed by atoms with E-state index in [9.17, 15) is 10.2 Å². The number of aliphatic hydroxyl groups excluding tert-OH is 1. The van der Waals surface area contributed by atoms with Crippen LogP contribution in [0.15, 0.2) is 16.6 Å². The van der Waals surface area contributed by atoms with Crippen molar-refractivity contribution in [2.75, 3.05) is 6.54 Å². The Balaban J connectivity index is 1.37. The van der Waals surface area contributed by atoms with Crippen molar-refractivity contribution in [1.82, 2.24) is 0 Å². The lowest BCUT2D eigenvalue weighted by molar-refractivity contribution is -0.0533. The van der Waals surface area contributed by atoms with Gasteiger partial charge < -0.3 is 10.2 Å². The molecular weight excluding hydrogens is 370 g/mol. The molecule has 0 unspecified atom stereocenters. The molecule has 3 fully saturated rings. The van der Waals surface area contributed by atoms with Crippen LogP contribution < -0.4 is 0 Å². The Kier molecular flexibility index (Phi) is 5.06. The number of fused-ring (bicyclic) bond motifs is 5. The predicted octanol–water partition coefficient (Wildman–Crippen LogP) is 5.55. The fourth-order valence-corrected chi connectivity index (χ4v) is 8.93. The summed E-state index contributed by atoms with van der Waals surface area (Å²) in [7, 11) is 0. The first-order valence-electron chi connectivity index (χ1n) is 12.8. The number of aliphatic imine (C=N–C) groups is 1. The van der Waals surface area contributed by atoms with E-state index >= 15 is 0 Å². The van der Waals surface area contributed by atoms with Crippen molar-refractivity contribution < 1.29 is 10.2 Å². The first-order chi connectivity index (χ1) is 14.1. The first kappa shape index (κ1) is 21.2. The van der Waals surface area contributed by atoms with E-state index in [4.69, 9.17) is 4.99 Å². The molecular formula is C27H43NO2. The molecule has 0 saturated heterocycles. The maximum atomic E-state index is 10.3. The van der Waals surface area contributed by atoms with E-state index in [1.165, 1.54) is 44.2 Å². The van der Waals surface area contributed by atoms with E-state index in [1.54, 1.807) is 5.57 Å². The summed E-state index contributed by atoms with van der Waals surface area (Å²) in [4.78, 5) is 4.88. The minimum absolute atomic E-state index is 0.108. The Morgan fingerprint density at radius 2 is 1.83 bits per heavy atom. The summed E-state index contributed by atoms with van der Waals surface area (Å²) in [5, 5.41) is 20.5. The zero-order valence-electron chi connectivity index (χ0n) is 19.7. The molecule has 0 amide bonds. The van der Waals surface area contributed by atoms with Gasteiger partial charge in [0.05, 0.1) is 18.2 Å². The van der Waals surface area contributed by atoms with E-state index in [-0.39, 0.29) is 6.10 Å². The SMILES string of the molecule is C[C@@H](C1=NC[C@](C)(O)CC1)[C@H]1CC[C@H]2[C@@H]3CC=C4C[C@@H](O)CC[C@]4(C)[C@H]3CC[C@]12C. The third-order valence-electron chi connectivity index (χ3n) is 10.8. The molecule has 5 aliphatic rings. The molecule has 0 aromatic heterocycles. The second-order valence-corrected chi connectivity index (χ2v) is 12.5. The van der Waals surface area contributed by atoms with E-state index in [2.05, 4.69) is 26.8 Å². The zero-order valence-corrected chi connectivity index (χ0v) is 19.7. The summed E-state index contributed by atoms with van der Waals surface area (Å²) in [5.41, 5.74) is 3.15. The van der Waals surface area contributed by atoms with Crippen molar-refractivity contribution in [1.29, 1.82) is 0 Å². The van der Waals surface area contributed by atoms with Gasteiger partial charge in [-0.05, 0) is 112 Å². The van der Waals surface area contributed by atoms with Crippen molar-refractivity contribution >= 4 is 5.71 Å². The van der Waals surface area contributed by atoms with Gasteiger partial charge in [0.2, 0.25) is 0 Å². The number of aliphatic hydroxyl groups is 2. The predicted molar refractivity (Wildman–Crippen MR) is 123 cm³/mol. The molecule has 0 radical (unpaired) electrons. The summed E-state index contributed by atoms with van der Waals surface area (Å²) < 4.78 is 0. The Hall–Kier alpha value is -0.670. The van der Waals surface area contributed by atoms with Crippen LogP contribution >= 0.6 is 0 Å². The van der Waals surface area contributed by atoms with Gasteiger partial charge in [0.1, 0.15) is 0 Å². The zero-order chi connectivity index (χ0) is 21.3. The number of hydrogen-bond acceptors (Lipinski definition) is 3. The van der Waals surface area contributed by atoms with Crippen molar-refractivity contribution in [3.8, 4) is 0 Å². The van der Waals surface area contributed by atoms with Gasteiger partial charge in [-0.3, -0.25) is 4.99 Å². The molecule has 30 heavy (non-hydrogen) atoms. The highest BCUT2D eigenvalue weighted by Gasteiger charge is 2.59. The van der Waals surface area contributed by atoms with Crippen LogP contribution in [-0.4, -0.2) is 34.2 Å². The molecule has 1 heterocycles. The fraction of sp³-hybridized carbons (Fsp3) is 0.889. The van der Waals surface area contributed by atoms with Gasteiger partial charge in [-0.2, -0.15) is 0 Å². The molecule has 1 aliphatic heterocycles. The van der Waals surface area contributed by atoms with Gasteiger partial charge in [-0.1, -0.05) is 32.4 Å². The van der Waals surface area contributed by atoms with Crippen LogP contribution in [0, 0.1) is 40.4 Å². The van der Waals surface area contributed by atoms with Crippen molar-refractivity contribution in [3.63, 3.8) is 0 Å². The molecule has 0 bridgehead atoms. The van der Waals surface area contributed by atoms with Crippen molar-refractivity contribution in [2.45, 2.75) is 104 Å². The lowest BCUT2D eigenvalue weighted by Gasteiger charge is -2.58. The van der Waals surface area contributed by atoms with Gasteiger partial charge in [0, 0.05) is 5.71 Å². The molecule has 2 N–H and O–H groups in total. The Morgan fingerprint density at radius 3 is 2.57 bits per heavy atom. The first-order valence-corrected chi connectivity index (χ1v) is 12.8. The lowest BCUT2D eigenvalue weighted by Crippen LogP contribution is -2.51. The smallest absolute Gasteiger partial charge is 0.0817 e. The largest absolute Gasteiger partial charge is 0.393 e. The number of allylic oxidation sites excluding steroid dienone is 1. The van der Waals surface area contributed by atoms with Crippen LogP contribution in [0.5, 0.6) is 0 Å². The highest BCUT2D eigenvalue weighted by Crippen LogP contribution is 2.67. The molecule has 0 aromatic rings. The molecule has 0 spiro atoms. The molecule has 3 nitrogen and oxygen atoms in total. The molecule has 9 atom stereocenters. The molecule has 5 rings (SSSR count). The summed E-state index contributed by atoms with van der Waals surface area (Å²) in [6, 6.07) is 0. The van der Waals surface area contributed by atoms with E-state index < -0.39 is 5.60 Å². The van der Waals surface area contributed by atoms with E-state index in [0.29, 0.717) is 23.3 Å². The lowest BCUT2D eigenvalue weighted by atomic mass is 9.47. The third kappa shape index (κ3) is 3.17. The summed E-state index contributed by atoms with van der Waals surface area (Å²) in [6.45, 7) is 10.1. The van der Waals surface area contributed by atoms with Gasteiger partial charge in [-0.15, -0.1) is 0 Å². The number of hydrogen-bond donors (Lipinski definition) is 2. The van der Waals surface area contributed by atoms with E-state index in [1.807, 2.05) is 6.92 Å². The van der Waals surface area contributed by atoms with Crippen LogP contribution in [0.3, 0.4) is 0 Å². The monoisotopic (exact) mass is 413 g/mol. The molecule has 3 heteroatoms. The van der Waals surface area contributed by atoms with Gasteiger partial charge in [0.25, 0.3) is 0 Å². The van der Waals surface area contributed by atoms with Crippen molar-refractivity contribution in [2.24, 2.45) is 45.4 Å². The summed E-state index contributed by atoms with van der Waals surface area (Å²) in [6.07, 6.45) is 14.1. The summed E-state index contributed by atoms with van der Waals surface area (Å²) >= 11 is 0. The van der Waals surface area contributed by atoms with E-state index in [0.717, 1.165) is 49.4 Å². The van der Waals surface area contributed by atoms with Crippen LogP contribution in [0.2, 0.25) is 0 Å². The van der Waals surface area contributed by atoms with Gasteiger partial charge in [-0.25, -0.2) is 0 Å². The third-order valence-corrected chi connectivity index (χ3v) is 10.8. The second kappa shape index (κ2) is 7.17. The average Bonchev–Trinajstić information content (AvgIpc) is 3.05. The van der Waals surface area contributed by atoms with Gasteiger partial charge in [0.15, 0.2) is 0 Å². The minimum Gasteiger partial charge on any atom is -0.393 e. The maximum Gasteiger partial charge on any atom is 0.0817 e. The minimum atomic E-state index is -0.599. The molecule has 0 aromatic carbocycles. The average molecular weight is 414 g/mol. The van der Waals surface area contributed by atoms with Crippen LogP contribution in [0.1, 0.15) is 91.9 Å². The molecule has 168 valence electrons.